The quantitative estimate of drug-likeness (QED) is 0.746. The van der Waals surface area contributed by atoms with Gasteiger partial charge in [-0.25, -0.2) is 4.79 Å². The number of hydrogen-bond donors (Lipinski definition) is 1. The van der Waals surface area contributed by atoms with Gasteiger partial charge in [-0.05, 0) is 41.5 Å². The fraction of sp³-hybridized carbons (Fsp3) is 0.0625. The molecule has 0 aliphatic heterocycles. The Kier molecular flexibility index (Phi) is 2.60. The number of hydrogen-bond acceptors (Lipinski definition) is 2. The summed E-state index contributed by atoms with van der Waals surface area (Å²) in [7, 11) is 0. The first-order chi connectivity index (χ1) is 9.18. The van der Waals surface area contributed by atoms with Crippen LogP contribution in [0.1, 0.15) is 15.9 Å². The van der Waals surface area contributed by atoms with Crippen molar-refractivity contribution in [1.82, 2.24) is 0 Å². The van der Waals surface area contributed by atoms with Gasteiger partial charge in [0.25, 0.3) is 0 Å². The molecule has 0 unspecified atom stereocenters. The van der Waals surface area contributed by atoms with E-state index in [4.69, 9.17) is 4.42 Å². The van der Waals surface area contributed by atoms with Gasteiger partial charge in [-0.15, -0.1) is 0 Å². The monoisotopic (exact) mass is 252 g/mol. The van der Waals surface area contributed by atoms with Crippen molar-refractivity contribution in [3.63, 3.8) is 0 Å². The highest BCUT2D eigenvalue weighted by atomic mass is 16.4. The zero-order valence-electron chi connectivity index (χ0n) is 10.4. The molecule has 0 aliphatic rings. The van der Waals surface area contributed by atoms with Crippen molar-refractivity contribution < 1.29 is 14.3 Å². The lowest BCUT2D eigenvalue weighted by molar-refractivity contribution is 0.0696. The van der Waals surface area contributed by atoms with Crippen LogP contribution in [-0.2, 0) is 0 Å². The van der Waals surface area contributed by atoms with Crippen LogP contribution < -0.4 is 0 Å². The zero-order valence-corrected chi connectivity index (χ0v) is 10.4. The van der Waals surface area contributed by atoms with E-state index in [0.29, 0.717) is 11.3 Å². The Morgan fingerprint density at radius 2 is 1.95 bits per heavy atom. The molecule has 1 N–H and O–H groups in total. The van der Waals surface area contributed by atoms with E-state index in [9.17, 15) is 9.90 Å². The van der Waals surface area contributed by atoms with E-state index >= 15 is 0 Å². The van der Waals surface area contributed by atoms with Crippen LogP contribution in [-0.4, -0.2) is 11.1 Å². The molecule has 0 amide bonds. The number of benzene rings is 2. The summed E-state index contributed by atoms with van der Waals surface area (Å²) in [5.74, 6) is -0.229. The summed E-state index contributed by atoms with van der Waals surface area (Å²) >= 11 is 0. The second kappa shape index (κ2) is 4.28. The Balaban J connectivity index is 2.46. The molecule has 1 heterocycles. The summed E-state index contributed by atoms with van der Waals surface area (Å²) in [6.45, 7) is 1.81. The van der Waals surface area contributed by atoms with Crippen LogP contribution in [0, 0.1) is 6.92 Å². The summed E-state index contributed by atoms with van der Waals surface area (Å²) in [5.41, 5.74) is 1.88. The van der Waals surface area contributed by atoms with Crippen molar-refractivity contribution in [3.05, 3.63) is 59.9 Å². The molecule has 1 aromatic heterocycles. The maximum absolute atomic E-state index is 11.4. The molecule has 3 rings (SSSR count). The number of carboxylic acids is 1. The molecule has 0 spiro atoms. The van der Waals surface area contributed by atoms with E-state index in [2.05, 4.69) is 0 Å². The standard InChI is InChI=1S/C16H12O3/c1-10-13(16(17)18)9-11-5-2-3-6-12(11)15(10)14-7-4-8-19-14/h2-9H,1H3,(H,17,18). The van der Waals surface area contributed by atoms with Gasteiger partial charge in [0.2, 0.25) is 0 Å². The molecule has 0 radical (unpaired) electrons. The molecule has 0 saturated carbocycles. The van der Waals surface area contributed by atoms with Crippen molar-refractivity contribution >= 4 is 16.7 Å². The maximum Gasteiger partial charge on any atom is 0.335 e. The first-order valence-electron chi connectivity index (χ1n) is 5.98. The van der Waals surface area contributed by atoms with Crippen molar-refractivity contribution in [2.24, 2.45) is 0 Å². The average molecular weight is 252 g/mol. The minimum atomic E-state index is -0.920. The van der Waals surface area contributed by atoms with Crippen LogP contribution in [0.3, 0.4) is 0 Å². The van der Waals surface area contributed by atoms with Crippen molar-refractivity contribution in [2.45, 2.75) is 6.92 Å². The molecule has 0 atom stereocenters. The molecule has 0 saturated heterocycles. The predicted octanol–water partition coefficient (Wildman–Crippen LogP) is 4.11. The van der Waals surface area contributed by atoms with Crippen molar-refractivity contribution in [3.8, 4) is 11.3 Å². The molecule has 0 fully saturated rings. The summed E-state index contributed by atoms with van der Waals surface area (Å²) in [4.78, 5) is 11.4. The van der Waals surface area contributed by atoms with Crippen LogP contribution in [0.15, 0.2) is 53.1 Å². The van der Waals surface area contributed by atoms with Gasteiger partial charge in [-0.2, -0.15) is 0 Å². The molecule has 2 aromatic carbocycles. The highest BCUT2D eigenvalue weighted by molar-refractivity contribution is 6.04. The lowest BCUT2D eigenvalue weighted by Crippen LogP contribution is -2.01. The third-order valence-corrected chi connectivity index (χ3v) is 3.31. The normalized spacial score (nSPS) is 10.8. The van der Waals surface area contributed by atoms with Gasteiger partial charge in [-0.3, -0.25) is 0 Å². The number of carbonyl (C=O) groups is 1. The Labute approximate surface area is 110 Å². The second-order valence-electron chi connectivity index (χ2n) is 4.43. The van der Waals surface area contributed by atoms with E-state index < -0.39 is 5.97 Å². The van der Waals surface area contributed by atoms with Crippen LogP contribution in [0.4, 0.5) is 0 Å². The minimum Gasteiger partial charge on any atom is -0.478 e. The van der Waals surface area contributed by atoms with E-state index in [-0.39, 0.29) is 0 Å². The SMILES string of the molecule is Cc1c(C(=O)O)cc2ccccc2c1-c1ccco1. The van der Waals surface area contributed by atoms with Gasteiger partial charge in [-0.1, -0.05) is 24.3 Å². The summed E-state index contributed by atoms with van der Waals surface area (Å²) in [6, 6.07) is 13.1. The molecular formula is C16H12O3. The largest absolute Gasteiger partial charge is 0.478 e. The molecule has 0 aliphatic carbocycles. The third-order valence-electron chi connectivity index (χ3n) is 3.31. The minimum absolute atomic E-state index is 0.310. The molecule has 0 bridgehead atoms. The Hall–Kier alpha value is -2.55. The summed E-state index contributed by atoms with van der Waals surface area (Å²) in [6.07, 6.45) is 1.59. The number of carboxylic acid groups (broad SMARTS) is 1. The topological polar surface area (TPSA) is 50.4 Å². The number of furan rings is 1. The van der Waals surface area contributed by atoms with Gasteiger partial charge in [0, 0.05) is 5.56 Å². The highest BCUT2D eigenvalue weighted by Gasteiger charge is 2.17. The Bertz CT molecular complexity index is 755. The number of aromatic carboxylic acids is 1. The molecule has 3 heteroatoms. The number of fused-ring (bicyclic) bond motifs is 1. The molecular weight excluding hydrogens is 240 g/mol. The highest BCUT2D eigenvalue weighted by Crippen LogP contribution is 2.34. The molecule has 19 heavy (non-hydrogen) atoms. The fourth-order valence-electron chi connectivity index (χ4n) is 2.41. The lowest BCUT2D eigenvalue weighted by Gasteiger charge is -2.11. The van der Waals surface area contributed by atoms with Crippen molar-refractivity contribution in [2.75, 3.05) is 0 Å². The summed E-state index contributed by atoms with van der Waals surface area (Å²) < 4.78 is 5.45. The predicted molar refractivity (Wildman–Crippen MR) is 73.3 cm³/mol. The third kappa shape index (κ3) is 1.80. The van der Waals surface area contributed by atoms with Crippen LogP contribution in [0.5, 0.6) is 0 Å². The summed E-state index contributed by atoms with van der Waals surface area (Å²) in [5, 5.41) is 11.2. The van der Waals surface area contributed by atoms with Gasteiger partial charge in [0.15, 0.2) is 0 Å². The van der Waals surface area contributed by atoms with Gasteiger partial charge in [0.1, 0.15) is 5.76 Å². The first kappa shape index (κ1) is 11.5. The fourth-order valence-corrected chi connectivity index (χ4v) is 2.41. The Morgan fingerprint density at radius 3 is 2.63 bits per heavy atom. The zero-order chi connectivity index (χ0) is 13.4. The Morgan fingerprint density at radius 1 is 1.16 bits per heavy atom. The number of rotatable bonds is 2. The second-order valence-corrected chi connectivity index (χ2v) is 4.43. The van der Waals surface area contributed by atoms with E-state index in [1.54, 1.807) is 18.4 Å². The maximum atomic E-state index is 11.4. The van der Waals surface area contributed by atoms with Crippen LogP contribution in [0.2, 0.25) is 0 Å². The van der Waals surface area contributed by atoms with Crippen LogP contribution >= 0.6 is 0 Å². The van der Waals surface area contributed by atoms with Crippen molar-refractivity contribution in [1.29, 1.82) is 0 Å². The van der Waals surface area contributed by atoms with Crippen LogP contribution in [0.25, 0.3) is 22.1 Å². The smallest absolute Gasteiger partial charge is 0.335 e. The lowest BCUT2D eigenvalue weighted by atomic mass is 9.93. The van der Waals surface area contributed by atoms with Gasteiger partial charge >= 0.3 is 5.97 Å². The average Bonchev–Trinajstić information content (AvgIpc) is 2.91. The molecule has 3 nitrogen and oxygen atoms in total. The van der Waals surface area contributed by atoms with E-state index in [1.807, 2.05) is 37.3 Å². The van der Waals surface area contributed by atoms with E-state index in [0.717, 1.165) is 21.9 Å². The van der Waals surface area contributed by atoms with Gasteiger partial charge in [0.05, 0.1) is 11.8 Å². The van der Waals surface area contributed by atoms with Gasteiger partial charge < -0.3 is 9.52 Å². The molecule has 94 valence electrons. The molecule has 3 aromatic rings. The first-order valence-corrected chi connectivity index (χ1v) is 5.98. The van der Waals surface area contributed by atoms with E-state index in [1.165, 1.54) is 0 Å².